The SMILES string of the molecule is CCCN(C)C(=O)N1CCNCC1.Cl. The Labute approximate surface area is 92.0 Å². The van der Waals surface area contributed by atoms with Crippen LogP contribution in [0.1, 0.15) is 13.3 Å². The average Bonchev–Trinajstić information content (AvgIpc) is 2.18. The zero-order valence-electron chi connectivity index (χ0n) is 8.95. The van der Waals surface area contributed by atoms with E-state index in [1.807, 2.05) is 11.9 Å². The molecule has 0 bridgehead atoms. The number of carbonyl (C=O) groups is 1. The predicted octanol–water partition coefficient (Wildman–Crippen LogP) is 0.775. The Hall–Kier alpha value is -0.480. The quantitative estimate of drug-likeness (QED) is 0.748. The smallest absolute Gasteiger partial charge is 0.319 e. The number of rotatable bonds is 2. The molecule has 0 unspecified atom stereocenters. The number of carbonyl (C=O) groups excluding carboxylic acids is 1. The van der Waals surface area contributed by atoms with E-state index < -0.39 is 0 Å². The van der Waals surface area contributed by atoms with Gasteiger partial charge in [0.15, 0.2) is 0 Å². The van der Waals surface area contributed by atoms with Gasteiger partial charge in [0, 0.05) is 39.8 Å². The minimum atomic E-state index is 0. The van der Waals surface area contributed by atoms with Gasteiger partial charge in [-0.25, -0.2) is 4.79 Å². The summed E-state index contributed by atoms with van der Waals surface area (Å²) in [6, 6.07) is 0.170. The highest BCUT2D eigenvalue weighted by atomic mass is 35.5. The van der Waals surface area contributed by atoms with Crippen LogP contribution in [0.5, 0.6) is 0 Å². The van der Waals surface area contributed by atoms with Crippen molar-refractivity contribution >= 4 is 18.4 Å². The lowest BCUT2D eigenvalue weighted by molar-refractivity contribution is 0.156. The van der Waals surface area contributed by atoms with Crippen LogP contribution < -0.4 is 5.32 Å². The summed E-state index contributed by atoms with van der Waals surface area (Å²) in [6.07, 6.45) is 1.02. The number of hydrogen-bond acceptors (Lipinski definition) is 2. The van der Waals surface area contributed by atoms with Crippen molar-refractivity contribution in [1.82, 2.24) is 15.1 Å². The molecule has 1 rings (SSSR count). The topological polar surface area (TPSA) is 35.6 Å². The van der Waals surface area contributed by atoms with Gasteiger partial charge < -0.3 is 15.1 Å². The highest BCUT2D eigenvalue weighted by Gasteiger charge is 2.18. The van der Waals surface area contributed by atoms with Crippen LogP contribution in [0.15, 0.2) is 0 Å². The molecule has 5 heteroatoms. The molecule has 0 aromatic carbocycles. The normalized spacial score (nSPS) is 16.0. The average molecular weight is 222 g/mol. The molecule has 4 nitrogen and oxygen atoms in total. The number of piperazine rings is 1. The van der Waals surface area contributed by atoms with Crippen molar-refractivity contribution in [2.24, 2.45) is 0 Å². The third-order valence-corrected chi connectivity index (χ3v) is 2.27. The Morgan fingerprint density at radius 1 is 1.43 bits per heavy atom. The molecule has 0 aromatic rings. The lowest BCUT2D eigenvalue weighted by Gasteiger charge is -2.31. The van der Waals surface area contributed by atoms with E-state index in [4.69, 9.17) is 0 Å². The fourth-order valence-corrected chi connectivity index (χ4v) is 1.53. The number of halogens is 1. The van der Waals surface area contributed by atoms with Gasteiger partial charge in [0.2, 0.25) is 0 Å². The Kier molecular flexibility index (Phi) is 6.66. The Balaban J connectivity index is 0.00000169. The molecule has 1 N–H and O–H groups in total. The van der Waals surface area contributed by atoms with Crippen LogP contribution in [0.25, 0.3) is 0 Å². The lowest BCUT2D eigenvalue weighted by Crippen LogP contribution is -2.50. The second-order valence-corrected chi connectivity index (χ2v) is 3.44. The monoisotopic (exact) mass is 221 g/mol. The van der Waals surface area contributed by atoms with E-state index in [9.17, 15) is 4.79 Å². The van der Waals surface area contributed by atoms with Crippen molar-refractivity contribution in [3.8, 4) is 0 Å². The van der Waals surface area contributed by atoms with Gasteiger partial charge in [-0.1, -0.05) is 6.92 Å². The first kappa shape index (κ1) is 13.5. The van der Waals surface area contributed by atoms with Crippen LogP contribution in [0, 0.1) is 0 Å². The van der Waals surface area contributed by atoms with Gasteiger partial charge in [0.1, 0.15) is 0 Å². The maximum Gasteiger partial charge on any atom is 0.319 e. The summed E-state index contributed by atoms with van der Waals surface area (Å²) >= 11 is 0. The van der Waals surface area contributed by atoms with Gasteiger partial charge in [-0.15, -0.1) is 12.4 Å². The summed E-state index contributed by atoms with van der Waals surface area (Å²) in [4.78, 5) is 15.4. The third kappa shape index (κ3) is 3.72. The van der Waals surface area contributed by atoms with Crippen molar-refractivity contribution in [2.45, 2.75) is 13.3 Å². The molecule has 1 aliphatic heterocycles. The molecule has 1 heterocycles. The summed E-state index contributed by atoms with van der Waals surface area (Å²) in [6.45, 7) is 6.46. The molecular formula is C9H20ClN3O. The zero-order chi connectivity index (χ0) is 9.68. The fourth-order valence-electron chi connectivity index (χ4n) is 1.53. The molecule has 1 saturated heterocycles. The van der Waals surface area contributed by atoms with Crippen LogP contribution in [0.2, 0.25) is 0 Å². The van der Waals surface area contributed by atoms with E-state index in [2.05, 4.69) is 12.2 Å². The van der Waals surface area contributed by atoms with Crippen LogP contribution in [0.3, 0.4) is 0 Å². The lowest BCUT2D eigenvalue weighted by atomic mass is 10.4. The highest BCUT2D eigenvalue weighted by Crippen LogP contribution is 1.99. The first-order chi connectivity index (χ1) is 6.25. The first-order valence-electron chi connectivity index (χ1n) is 4.96. The van der Waals surface area contributed by atoms with E-state index in [0.29, 0.717) is 0 Å². The summed E-state index contributed by atoms with van der Waals surface area (Å²) in [5.41, 5.74) is 0. The minimum Gasteiger partial charge on any atom is -0.328 e. The summed E-state index contributed by atoms with van der Waals surface area (Å²) in [7, 11) is 1.87. The van der Waals surface area contributed by atoms with Crippen LogP contribution >= 0.6 is 12.4 Å². The van der Waals surface area contributed by atoms with Gasteiger partial charge in [-0.05, 0) is 6.42 Å². The van der Waals surface area contributed by atoms with E-state index in [1.54, 1.807) is 4.90 Å². The van der Waals surface area contributed by atoms with Gasteiger partial charge in [-0.2, -0.15) is 0 Å². The van der Waals surface area contributed by atoms with Crippen molar-refractivity contribution in [1.29, 1.82) is 0 Å². The molecule has 0 saturated carbocycles. The standard InChI is InChI=1S/C9H19N3O.ClH/c1-3-6-11(2)9(13)12-7-4-10-5-8-12;/h10H,3-8H2,1-2H3;1H. The number of urea groups is 1. The summed E-state index contributed by atoms with van der Waals surface area (Å²) < 4.78 is 0. The summed E-state index contributed by atoms with van der Waals surface area (Å²) in [5.74, 6) is 0. The van der Waals surface area contributed by atoms with Crippen LogP contribution in [-0.4, -0.2) is 55.6 Å². The predicted molar refractivity (Wildman–Crippen MR) is 60.0 cm³/mol. The van der Waals surface area contributed by atoms with Gasteiger partial charge in [0.05, 0.1) is 0 Å². The maximum atomic E-state index is 11.7. The Morgan fingerprint density at radius 3 is 2.50 bits per heavy atom. The molecule has 1 aliphatic rings. The highest BCUT2D eigenvalue weighted by molar-refractivity contribution is 5.85. The molecule has 0 aliphatic carbocycles. The minimum absolute atomic E-state index is 0. The Bertz CT molecular complexity index is 171. The number of hydrogen-bond donors (Lipinski definition) is 1. The van der Waals surface area contributed by atoms with Crippen molar-refractivity contribution in [3.05, 3.63) is 0 Å². The molecule has 0 aromatic heterocycles. The van der Waals surface area contributed by atoms with Crippen molar-refractivity contribution in [3.63, 3.8) is 0 Å². The molecule has 0 radical (unpaired) electrons. The van der Waals surface area contributed by atoms with Gasteiger partial charge in [0.25, 0.3) is 0 Å². The molecule has 0 atom stereocenters. The molecule has 1 fully saturated rings. The van der Waals surface area contributed by atoms with Crippen molar-refractivity contribution in [2.75, 3.05) is 39.8 Å². The van der Waals surface area contributed by atoms with Crippen LogP contribution in [0.4, 0.5) is 4.79 Å². The van der Waals surface area contributed by atoms with Crippen LogP contribution in [-0.2, 0) is 0 Å². The van der Waals surface area contributed by atoms with E-state index in [0.717, 1.165) is 39.1 Å². The largest absolute Gasteiger partial charge is 0.328 e. The zero-order valence-corrected chi connectivity index (χ0v) is 9.77. The molecule has 0 spiro atoms. The van der Waals surface area contributed by atoms with Gasteiger partial charge in [-0.3, -0.25) is 0 Å². The second kappa shape index (κ2) is 6.90. The second-order valence-electron chi connectivity index (χ2n) is 3.44. The van der Waals surface area contributed by atoms with E-state index >= 15 is 0 Å². The van der Waals surface area contributed by atoms with Crippen molar-refractivity contribution < 1.29 is 4.79 Å². The molecule has 84 valence electrons. The number of nitrogens with zero attached hydrogens (tertiary/aromatic N) is 2. The molecule has 2 amide bonds. The first-order valence-corrected chi connectivity index (χ1v) is 4.96. The van der Waals surface area contributed by atoms with E-state index in [-0.39, 0.29) is 18.4 Å². The Morgan fingerprint density at radius 2 is 2.00 bits per heavy atom. The number of nitrogens with one attached hydrogen (secondary N) is 1. The third-order valence-electron chi connectivity index (χ3n) is 2.27. The summed E-state index contributed by atoms with van der Waals surface area (Å²) in [5, 5.41) is 3.23. The van der Waals surface area contributed by atoms with Gasteiger partial charge >= 0.3 is 6.03 Å². The van der Waals surface area contributed by atoms with E-state index in [1.165, 1.54) is 0 Å². The molecular weight excluding hydrogens is 202 g/mol. The number of amides is 2. The fraction of sp³-hybridized carbons (Fsp3) is 0.889. The maximum absolute atomic E-state index is 11.7. The molecule has 14 heavy (non-hydrogen) atoms.